The Balaban J connectivity index is 1.42. The molecule has 0 unspecified atom stereocenters. The van der Waals surface area contributed by atoms with Gasteiger partial charge in [-0.05, 0) is 64.8 Å². The van der Waals surface area contributed by atoms with Crippen LogP contribution in [0.5, 0.6) is 11.5 Å². The van der Waals surface area contributed by atoms with E-state index in [0.29, 0.717) is 23.7 Å². The van der Waals surface area contributed by atoms with Gasteiger partial charge in [-0.1, -0.05) is 18.2 Å². The highest BCUT2D eigenvalue weighted by Crippen LogP contribution is 2.36. The van der Waals surface area contributed by atoms with Gasteiger partial charge in [-0.2, -0.15) is 0 Å². The molecule has 2 aliphatic rings. The van der Waals surface area contributed by atoms with Crippen LogP contribution in [-0.4, -0.2) is 69.8 Å². The topological polar surface area (TPSA) is 80.3 Å². The molecular formula is C25H28BrN3O5. The summed E-state index contributed by atoms with van der Waals surface area (Å²) in [6, 6.07) is 12.7. The molecular weight excluding hydrogens is 502 g/mol. The van der Waals surface area contributed by atoms with Gasteiger partial charge >= 0.3 is 0 Å². The molecule has 2 aromatic carbocycles. The number of halogens is 1. The molecule has 8 nitrogen and oxygen atoms in total. The predicted molar refractivity (Wildman–Crippen MR) is 133 cm³/mol. The normalized spacial score (nSPS) is 17.3. The number of amides is 2. The number of hydrogen-bond donors (Lipinski definition) is 1. The first-order valence-electron chi connectivity index (χ1n) is 11.3. The fourth-order valence-electron chi connectivity index (χ4n) is 3.90. The van der Waals surface area contributed by atoms with E-state index >= 15 is 0 Å². The summed E-state index contributed by atoms with van der Waals surface area (Å²) < 4.78 is 17.3. The van der Waals surface area contributed by atoms with Gasteiger partial charge in [0.15, 0.2) is 11.5 Å². The van der Waals surface area contributed by atoms with Crippen LogP contribution in [0.1, 0.15) is 12.0 Å². The minimum Gasteiger partial charge on any atom is -0.496 e. The van der Waals surface area contributed by atoms with Crippen molar-refractivity contribution in [2.45, 2.75) is 6.42 Å². The lowest BCUT2D eigenvalue weighted by Crippen LogP contribution is -2.44. The number of benzene rings is 2. The summed E-state index contributed by atoms with van der Waals surface area (Å²) in [4.78, 5) is 29.7. The van der Waals surface area contributed by atoms with Gasteiger partial charge < -0.3 is 19.5 Å². The maximum absolute atomic E-state index is 13.3. The van der Waals surface area contributed by atoms with Gasteiger partial charge in [-0.3, -0.25) is 19.4 Å². The zero-order valence-electron chi connectivity index (χ0n) is 19.1. The third kappa shape index (κ3) is 5.97. The molecule has 0 spiro atoms. The molecule has 4 rings (SSSR count). The van der Waals surface area contributed by atoms with Gasteiger partial charge in [0.2, 0.25) is 5.91 Å². The van der Waals surface area contributed by atoms with Gasteiger partial charge in [0.25, 0.3) is 5.91 Å². The number of rotatable bonds is 8. The molecule has 0 bridgehead atoms. The van der Waals surface area contributed by atoms with E-state index in [0.717, 1.165) is 49.3 Å². The average molecular weight is 530 g/mol. The van der Waals surface area contributed by atoms with E-state index in [1.807, 2.05) is 24.3 Å². The van der Waals surface area contributed by atoms with Crippen LogP contribution in [0.2, 0.25) is 0 Å². The number of nitrogens with one attached hydrogen (secondary N) is 1. The van der Waals surface area contributed by atoms with Gasteiger partial charge in [0.1, 0.15) is 12.3 Å². The smallest absolute Gasteiger partial charge is 0.294 e. The van der Waals surface area contributed by atoms with Crippen LogP contribution in [0.25, 0.3) is 6.08 Å². The molecule has 34 heavy (non-hydrogen) atoms. The summed E-state index contributed by atoms with van der Waals surface area (Å²) in [7, 11) is 1.59. The van der Waals surface area contributed by atoms with Crippen molar-refractivity contribution < 1.29 is 23.8 Å². The maximum Gasteiger partial charge on any atom is 0.294 e. The molecule has 0 aromatic heterocycles. The molecule has 2 aliphatic heterocycles. The Morgan fingerprint density at radius 2 is 2.00 bits per heavy atom. The van der Waals surface area contributed by atoms with E-state index in [4.69, 9.17) is 14.2 Å². The monoisotopic (exact) mass is 529 g/mol. The van der Waals surface area contributed by atoms with Gasteiger partial charge in [-0.25, -0.2) is 0 Å². The Kier molecular flexibility index (Phi) is 8.21. The van der Waals surface area contributed by atoms with Gasteiger partial charge in [-0.15, -0.1) is 0 Å². The number of para-hydroxylation sites is 2. The molecule has 1 fully saturated rings. The number of ether oxygens (including phenoxy) is 3. The third-order valence-corrected chi connectivity index (χ3v) is 6.30. The molecule has 0 atom stereocenters. The van der Waals surface area contributed by atoms with E-state index in [9.17, 15) is 9.59 Å². The van der Waals surface area contributed by atoms with Crippen LogP contribution in [-0.2, 0) is 14.3 Å². The minimum absolute atomic E-state index is 0.0829. The maximum atomic E-state index is 13.3. The number of carbonyl (C=O) groups is 2. The first-order valence-corrected chi connectivity index (χ1v) is 12.1. The number of fused-ring (bicyclic) bond motifs is 1. The number of carbonyl (C=O) groups excluding carboxylic acids is 2. The summed E-state index contributed by atoms with van der Waals surface area (Å²) in [5.41, 5.74) is 1.34. The van der Waals surface area contributed by atoms with Crippen LogP contribution < -0.4 is 19.7 Å². The van der Waals surface area contributed by atoms with Crippen LogP contribution in [0.3, 0.4) is 0 Å². The molecule has 9 heteroatoms. The van der Waals surface area contributed by atoms with Gasteiger partial charge in [0.05, 0.1) is 30.5 Å². The van der Waals surface area contributed by atoms with E-state index < -0.39 is 0 Å². The summed E-state index contributed by atoms with van der Waals surface area (Å²) in [5.74, 6) is 0.792. The Morgan fingerprint density at radius 3 is 2.76 bits per heavy atom. The lowest BCUT2D eigenvalue weighted by atomic mass is 10.1. The van der Waals surface area contributed by atoms with Crippen molar-refractivity contribution in [3.8, 4) is 11.5 Å². The summed E-state index contributed by atoms with van der Waals surface area (Å²) >= 11 is 3.46. The second kappa shape index (κ2) is 11.5. The van der Waals surface area contributed by atoms with Crippen LogP contribution in [0.4, 0.5) is 5.69 Å². The van der Waals surface area contributed by atoms with Crippen molar-refractivity contribution in [1.82, 2.24) is 10.2 Å². The minimum atomic E-state index is -0.367. The van der Waals surface area contributed by atoms with E-state index in [1.165, 1.54) is 4.90 Å². The number of morpholine rings is 1. The standard InChI is InChI=1S/C25H28BrN3O5/c1-32-21-8-7-18(15-19(21)26)16-23-25(31)29(20-5-2-3-6-22(20)34-23)17-24(30)27-9-4-10-28-11-13-33-14-12-28/h2-3,5-8,15-16H,4,9-14,17H2,1H3,(H,27,30). The zero-order valence-corrected chi connectivity index (χ0v) is 20.7. The average Bonchev–Trinajstić information content (AvgIpc) is 2.85. The number of methoxy groups -OCH3 is 1. The third-order valence-electron chi connectivity index (χ3n) is 5.68. The highest BCUT2D eigenvalue weighted by molar-refractivity contribution is 9.10. The highest BCUT2D eigenvalue weighted by Gasteiger charge is 2.31. The Morgan fingerprint density at radius 1 is 1.21 bits per heavy atom. The Bertz CT molecular complexity index is 1070. The van der Waals surface area contributed by atoms with Crippen LogP contribution >= 0.6 is 15.9 Å². The molecule has 180 valence electrons. The van der Waals surface area contributed by atoms with E-state index in [1.54, 1.807) is 31.4 Å². The van der Waals surface area contributed by atoms with Crippen molar-refractivity contribution in [3.63, 3.8) is 0 Å². The van der Waals surface area contributed by atoms with E-state index in [2.05, 4.69) is 26.1 Å². The quantitative estimate of drug-likeness (QED) is 0.418. The highest BCUT2D eigenvalue weighted by atomic mass is 79.9. The van der Waals surface area contributed by atoms with Crippen molar-refractivity contribution >= 4 is 39.5 Å². The largest absolute Gasteiger partial charge is 0.496 e. The first kappa shape index (κ1) is 24.3. The molecule has 2 amide bonds. The van der Waals surface area contributed by atoms with Crippen molar-refractivity contribution in [3.05, 3.63) is 58.3 Å². The number of anilines is 1. The number of nitrogens with zero attached hydrogens (tertiary/aromatic N) is 2. The van der Waals surface area contributed by atoms with Gasteiger partial charge in [0, 0.05) is 19.6 Å². The number of hydrogen-bond acceptors (Lipinski definition) is 6. The fraction of sp³-hybridized carbons (Fsp3) is 0.360. The van der Waals surface area contributed by atoms with Crippen LogP contribution in [0, 0.1) is 0 Å². The molecule has 0 saturated carbocycles. The Hall–Kier alpha value is -2.88. The summed E-state index contributed by atoms with van der Waals surface area (Å²) in [5, 5.41) is 2.93. The molecule has 0 aliphatic carbocycles. The lowest BCUT2D eigenvalue weighted by Gasteiger charge is -2.30. The van der Waals surface area contributed by atoms with Crippen LogP contribution in [0.15, 0.2) is 52.7 Å². The molecule has 2 aromatic rings. The van der Waals surface area contributed by atoms with E-state index in [-0.39, 0.29) is 24.1 Å². The predicted octanol–water partition coefficient (Wildman–Crippen LogP) is 3.06. The summed E-state index contributed by atoms with van der Waals surface area (Å²) in [6.45, 7) is 4.74. The van der Waals surface area contributed by atoms with Crippen molar-refractivity contribution in [2.75, 3.05) is 57.9 Å². The first-order chi connectivity index (χ1) is 16.5. The zero-order chi connectivity index (χ0) is 23.9. The lowest BCUT2D eigenvalue weighted by molar-refractivity contribution is -0.123. The Labute approximate surface area is 207 Å². The molecule has 1 saturated heterocycles. The fourth-order valence-corrected chi connectivity index (χ4v) is 4.46. The second-order valence-corrected chi connectivity index (χ2v) is 8.88. The molecule has 1 N–H and O–H groups in total. The summed E-state index contributed by atoms with van der Waals surface area (Å²) in [6.07, 6.45) is 2.51. The van der Waals surface area contributed by atoms with Crippen molar-refractivity contribution in [2.24, 2.45) is 0 Å². The second-order valence-electron chi connectivity index (χ2n) is 8.02. The SMILES string of the molecule is COc1ccc(C=C2Oc3ccccc3N(CC(=O)NCCCN3CCOCC3)C2=O)cc1Br. The van der Waals surface area contributed by atoms with Crippen molar-refractivity contribution in [1.29, 1.82) is 0 Å². The molecule has 2 heterocycles. The molecule has 0 radical (unpaired) electrons.